The number of amides is 1. The Kier molecular flexibility index (Phi) is 3.54. The zero-order valence-electron chi connectivity index (χ0n) is 8.34. The number of halogens is 3. The number of para-hydroxylation sites is 1. The van der Waals surface area contributed by atoms with Gasteiger partial charge in [-0.1, -0.05) is 6.07 Å². The van der Waals surface area contributed by atoms with Gasteiger partial charge >= 0.3 is 0 Å². The Morgan fingerprint density at radius 3 is 2.35 bits per heavy atom. The first-order valence-corrected chi connectivity index (χ1v) is 6.19. The fourth-order valence-corrected chi connectivity index (χ4v) is 2.51. The lowest BCUT2D eigenvalue weighted by atomic mass is 10.3. The molecule has 0 saturated heterocycles. The summed E-state index contributed by atoms with van der Waals surface area (Å²) < 4.78 is 27.3. The van der Waals surface area contributed by atoms with Gasteiger partial charge in [-0.25, -0.2) is 8.78 Å². The Bertz CT molecular complexity index is 550. The fraction of sp³-hybridized carbons (Fsp3) is 0. The molecule has 1 heterocycles. The molecule has 0 unspecified atom stereocenters. The zero-order chi connectivity index (χ0) is 12.4. The van der Waals surface area contributed by atoms with Gasteiger partial charge in [-0.05, 0) is 40.2 Å². The quantitative estimate of drug-likeness (QED) is 0.889. The Balaban J connectivity index is 2.24. The largest absolute Gasteiger partial charge is 0.316 e. The Labute approximate surface area is 108 Å². The Morgan fingerprint density at radius 2 is 1.82 bits per heavy atom. The summed E-state index contributed by atoms with van der Waals surface area (Å²) in [5.74, 6) is -2.13. The molecule has 17 heavy (non-hydrogen) atoms. The number of nitrogens with one attached hydrogen (secondary N) is 1. The average molecular weight is 318 g/mol. The molecular weight excluding hydrogens is 312 g/mol. The van der Waals surface area contributed by atoms with Crippen LogP contribution < -0.4 is 5.32 Å². The number of hydrogen-bond donors (Lipinski definition) is 1. The molecule has 0 aliphatic carbocycles. The minimum Gasteiger partial charge on any atom is -0.316 e. The van der Waals surface area contributed by atoms with E-state index in [1.807, 2.05) is 0 Å². The third-order valence-electron chi connectivity index (χ3n) is 2.00. The van der Waals surface area contributed by atoms with Gasteiger partial charge in [0.2, 0.25) is 0 Å². The molecule has 88 valence electrons. The molecule has 1 amide bonds. The van der Waals surface area contributed by atoms with Crippen LogP contribution in [0, 0.1) is 11.6 Å². The van der Waals surface area contributed by atoms with E-state index in [-0.39, 0.29) is 0 Å². The molecule has 0 aliphatic rings. The summed E-state index contributed by atoms with van der Waals surface area (Å²) in [4.78, 5) is 12.1. The topological polar surface area (TPSA) is 29.1 Å². The van der Waals surface area contributed by atoms with E-state index in [1.165, 1.54) is 17.4 Å². The molecule has 0 saturated carbocycles. The first-order chi connectivity index (χ1) is 8.08. The third-order valence-corrected chi connectivity index (χ3v) is 3.62. The molecule has 1 aromatic carbocycles. The van der Waals surface area contributed by atoms with Crippen LogP contribution in [0.25, 0.3) is 0 Å². The lowest BCUT2D eigenvalue weighted by Gasteiger charge is -2.05. The molecule has 2 rings (SSSR count). The van der Waals surface area contributed by atoms with Crippen molar-refractivity contribution in [1.29, 1.82) is 0 Å². The fourth-order valence-electron chi connectivity index (χ4n) is 1.23. The second-order valence-electron chi connectivity index (χ2n) is 3.15. The van der Waals surface area contributed by atoms with E-state index in [1.54, 1.807) is 12.1 Å². The van der Waals surface area contributed by atoms with E-state index >= 15 is 0 Å². The zero-order valence-corrected chi connectivity index (χ0v) is 10.7. The van der Waals surface area contributed by atoms with Gasteiger partial charge in [0.05, 0.1) is 8.66 Å². The number of hydrogen-bond acceptors (Lipinski definition) is 2. The number of carbonyl (C=O) groups excluding carboxylic acids is 1. The maximum absolute atomic E-state index is 13.3. The lowest BCUT2D eigenvalue weighted by Crippen LogP contribution is -2.12. The molecule has 2 nitrogen and oxygen atoms in total. The van der Waals surface area contributed by atoms with Crippen LogP contribution in [0.1, 0.15) is 9.67 Å². The highest BCUT2D eigenvalue weighted by Gasteiger charge is 2.14. The second kappa shape index (κ2) is 4.93. The number of benzene rings is 1. The van der Waals surface area contributed by atoms with Crippen LogP contribution in [-0.2, 0) is 0 Å². The van der Waals surface area contributed by atoms with Gasteiger partial charge in [0, 0.05) is 0 Å². The lowest BCUT2D eigenvalue weighted by molar-refractivity contribution is 0.102. The van der Waals surface area contributed by atoms with Crippen molar-refractivity contribution in [1.82, 2.24) is 0 Å². The van der Waals surface area contributed by atoms with Crippen LogP contribution in [0.15, 0.2) is 34.1 Å². The first kappa shape index (κ1) is 12.2. The van der Waals surface area contributed by atoms with Crippen molar-refractivity contribution in [2.24, 2.45) is 0 Å². The Morgan fingerprint density at radius 1 is 1.18 bits per heavy atom. The molecule has 1 aromatic heterocycles. The smallest absolute Gasteiger partial charge is 0.265 e. The van der Waals surface area contributed by atoms with Crippen molar-refractivity contribution in [2.45, 2.75) is 0 Å². The Hall–Kier alpha value is -1.27. The predicted molar refractivity (Wildman–Crippen MR) is 66.3 cm³/mol. The highest BCUT2D eigenvalue weighted by molar-refractivity contribution is 9.11. The summed E-state index contributed by atoms with van der Waals surface area (Å²) in [5, 5.41) is 2.21. The average Bonchev–Trinajstić information content (AvgIpc) is 2.70. The van der Waals surface area contributed by atoms with E-state index in [9.17, 15) is 13.6 Å². The minimum absolute atomic E-state index is 0.375. The summed E-state index contributed by atoms with van der Waals surface area (Å²) in [6, 6.07) is 6.67. The van der Waals surface area contributed by atoms with Gasteiger partial charge in [-0.15, -0.1) is 11.3 Å². The van der Waals surface area contributed by atoms with Gasteiger partial charge in [0.15, 0.2) is 0 Å². The first-order valence-electron chi connectivity index (χ1n) is 4.58. The number of carbonyl (C=O) groups is 1. The molecule has 0 atom stereocenters. The monoisotopic (exact) mass is 317 g/mol. The predicted octanol–water partition coefficient (Wildman–Crippen LogP) is 4.04. The molecule has 1 N–H and O–H groups in total. The van der Waals surface area contributed by atoms with Crippen molar-refractivity contribution >= 4 is 38.9 Å². The van der Waals surface area contributed by atoms with Crippen molar-refractivity contribution in [3.8, 4) is 0 Å². The second-order valence-corrected chi connectivity index (χ2v) is 5.62. The maximum atomic E-state index is 13.3. The van der Waals surface area contributed by atoms with Crippen molar-refractivity contribution in [2.75, 3.05) is 5.32 Å². The third kappa shape index (κ3) is 2.70. The van der Waals surface area contributed by atoms with Gasteiger partial charge in [-0.2, -0.15) is 0 Å². The van der Waals surface area contributed by atoms with Crippen LogP contribution in [0.3, 0.4) is 0 Å². The van der Waals surface area contributed by atoms with E-state index in [4.69, 9.17) is 0 Å². The highest BCUT2D eigenvalue weighted by Crippen LogP contribution is 2.24. The molecular formula is C11H6BrF2NOS. The van der Waals surface area contributed by atoms with Gasteiger partial charge < -0.3 is 5.32 Å². The number of rotatable bonds is 2. The number of thiophene rings is 1. The summed E-state index contributed by atoms with van der Waals surface area (Å²) in [6.07, 6.45) is 0. The normalized spacial score (nSPS) is 10.3. The van der Waals surface area contributed by atoms with Crippen LogP contribution in [0.4, 0.5) is 14.5 Å². The van der Waals surface area contributed by atoms with Crippen molar-refractivity contribution < 1.29 is 13.6 Å². The number of anilines is 1. The molecule has 6 heteroatoms. The summed E-state index contributed by atoms with van der Waals surface area (Å²) in [6.45, 7) is 0. The molecule has 0 fully saturated rings. The summed E-state index contributed by atoms with van der Waals surface area (Å²) in [7, 11) is 0. The van der Waals surface area contributed by atoms with E-state index in [0.717, 1.165) is 15.9 Å². The van der Waals surface area contributed by atoms with E-state index < -0.39 is 23.2 Å². The van der Waals surface area contributed by atoms with E-state index in [2.05, 4.69) is 21.2 Å². The van der Waals surface area contributed by atoms with Crippen LogP contribution in [0.5, 0.6) is 0 Å². The summed E-state index contributed by atoms with van der Waals surface area (Å²) >= 11 is 4.39. The van der Waals surface area contributed by atoms with Crippen LogP contribution in [0.2, 0.25) is 0 Å². The molecule has 0 aliphatic heterocycles. The van der Waals surface area contributed by atoms with Gasteiger partial charge in [0.25, 0.3) is 5.91 Å². The molecule has 0 spiro atoms. The van der Waals surface area contributed by atoms with E-state index in [0.29, 0.717) is 4.88 Å². The van der Waals surface area contributed by atoms with Crippen LogP contribution >= 0.6 is 27.3 Å². The maximum Gasteiger partial charge on any atom is 0.265 e. The summed E-state index contributed by atoms with van der Waals surface area (Å²) in [5.41, 5.74) is -0.429. The minimum atomic E-state index is -0.797. The van der Waals surface area contributed by atoms with Crippen molar-refractivity contribution in [3.05, 3.63) is 50.6 Å². The molecule has 0 radical (unpaired) electrons. The SMILES string of the molecule is O=C(Nc1c(F)cccc1F)c1ccc(Br)s1. The van der Waals surface area contributed by atoms with Gasteiger partial charge in [-0.3, -0.25) is 4.79 Å². The standard InChI is InChI=1S/C11H6BrF2NOS/c12-9-5-4-8(17-9)11(16)15-10-6(13)2-1-3-7(10)14/h1-5H,(H,15,16). The van der Waals surface area contributed by atoms with Gasteiger partial charge in [0.1, 0.15) is 17.3 Å². The highest BCUT2D eigenvalue weighted by atomic mass is 79.9. The molecule has 2 aromatic rings. The molecule has 0 bridgehead atoms. The van der Waals surface area contributed by atoms with Crippen molar-refractivity contribution in [3.63, 3.8) is 0 Å². The van der Waals surface area contributed by atoms with Crippen LogP contribution in [-0.4, -0.2) is 5.91 Å².